The number of nitrogens with one attached hydrogen (secondary N) is 1. The summed E-state index contributed by atoms with van der Waals surface area (Å²) in [6.07, 6.45) is 0. The van der Waals surface area contributed by atoms with E-state index in [1.54, 1.807) is 0 Å². The third kappa shape index (κ3) is 8.40. The van der Waals surface area contributed by atoms with E-state index in [1.807, 2.05) is 60.7 Å². The van der Waals surface area contributed by atoms with E-state index < -0.39 is 38.3 Å². The second-order valence-corrected chi connectivity index (χ2v) is 25.7. The Balaban J connectivity index is 1.35. The normalized spacial score (nSPS) is 12.9. The highest BCUT2D eigenvalue weighted by Crippen LogP contribution is 2.28. The summed E-state index contributed by atoms with van der Waals surface area (Å²) < 4.78 is 33.4. The molecule has 314 valence electrons. The number of hydrogen-bond acceptors (Lipinski definition) is 3. The highest BCUT2D eigenvalue weighted by Gasteiger charge is 2.46. The molecule has 9 rings (SSSR count). The van der Waals surface area contributed by atoms with Gasteiger partial charge in [-0.1, -0.05) is 261 Å². The lowest BCUT2D eigenvalue weighted by atomic mass is 9.95. The SMILES string of the molecule is NC(c1ccccc1)C(NS(=O)(=O)Cc1cc([Si](c2ccccc2)(c2ccccc2)c2ccccc2)cc([Si](c2ccccc2)(c2ccccc2)c2ccccc2)c1)c1ccccc1. The molecule has 7 heteroatoms. The maximum Gasteiger partial charge on any atom is 0.216 e. The molecule has 4 nitrogen and oxygen atoms in total. The van der Waals surface area contributed by atoms with E-state index in [1.165, 1.54) is 31.1 Å². The molecule has 0 aromatic heterocycles. The minimum atomic E-state index is -4.05. The summed E-state index contributed by atoms with van der Waals surface area (Å²) in [6.45, 7) is 0. The van der Waals surface area contributed by atoms with E-state index in [2.05, 4.69) is 205 Å². The lowest BCUT2D eigenvalue weighted by Crippen LogP contribution is -2.78. The molecule has 0 aliphatic rings. The van der Waals surface area contributed by atoms with Crippen LogP contribution in [0.5, 0.6) is 0 Å². The Hall–Kier alpha value is -6.72. The Morgan fingerprint density at radius 2 is 0.625 bits per heavy atom. The van der Waals surface area contributed by atoms with Gasteiger partial charge in [0.25, 0.3) is 0 Å². The molecule has 0 spiro atoms. The third-order valence-electron chi connectivity index (χ3n) is 12.5. The smallest absolute Gasteiger partial charge is 0.216 e. The van der Waals surface area contributed by atoms with Gasteiger partial charge in [-0.15, -0.1) is 0 Å². The van der Waals surface area contributed by atoms with E-state index in [4.69, 9.17) is 5.73 Å². The Labute approximate surface area is 379 Å². The molecule has 0 aliphatic carbocycles. The van der Waals surface area contributed by atoms with Crippen LogP contribution >= 0.6 is 0 Å². The van der Waals surface area contributed by atoms with E-state index in [9.17, 15) is 0 Å². The summed E-state index contributed by atoms with van der Waals surface area (Å²) in [6, 6.07) is 89.8. The van der Waals surface area contributed by atoms with Crippen molar-refractivity contribution in [3.8, 4) is 0 Å². The molecule has 0 bridgehead atoms. The van der Waals surface area contributed by atoms with Crippen molar-refractivity contribution in [2.24, 2.45) is 5.73 Å². The van der Waals surface area contributed by atoms with Crippen molar-refractivity contribution in [1.29, 1.82) is 0 Å². The molecular formula is C57H50N2O2SSi2. The summed E-state index contributed by atoms with van der Waals surface area (Å²) >= 11 is 0. The van der Waals surface area contributed by atoms with Crippen LogP contribution in [0.4, 0.5) is 0 Å². The van der Waals surface area contributed by atoms with E-state index >= 15 is 8.42 Å². The molecule has 9 aromatic rings. The predicted molar refractivity (Wildman–Crippen MR) is 272 cm³/mol. The molecule has 3 N–H and O–H groups in total. The van der Waals surface area contributed by atoms with Crippen molar-refractivity contribution < 1.29 is 8.42 Å². The van der Waals surface area contributed by atoms with E-state index in [-0.39, 0.29) is 5.75 Å². The standard InChI is InChI=1S/C57H50N2O2SSi2/c58-56(46-25-9-1-10-26-46)57(47-27-11-2-12-28-47)59-62(60,61)44-45-41-54(63(48-29-13-3-14-30-48,49-31-15-4-16-32-49)50-33-17-5-18-34-50)43-55(42-45)64(51-35-19-6-20-36-51,52-37-21-7-22-38-52)53-39-23-8-24-40-53/h1-43,56-57,59H,44,58H2. The van der Waals surface area contributed by atoms with Gasteiger partial charge in [-0.2, -0.15) is 0 Å². The van der Waals surface area contributed by atoms with E-state index in [0.717, 1.165) is 21.5 Å². The molecule has 0 saturated carbocycles. The molecule has 9 aromatic carbocycles. The summed E-state index contributed by atoms with van der Waals surface area (Å²) in [5.41, 5.74) is 9.35. The number of nitrogens with two attached hydrogens (primary N) is 1. The number of sulfonamides is 1. The summed E-state index contributed by atoms with van der Waals surface area (Å²) in [7, 11) is -10.4. The second-order valence-electron chi connectivity index (χ2n) is 16.3. The molecule has 0 amide bonds. The van der Waals surface area contributed by atoms with Crippen LogP contribution < -0.4 is 51.9 Å². The van der Waals surface area contributed by atoms with Crippen LogP contribution in [-0.4, -0.2) is 24.6 Å². The van der Waals surface area contributed by atoms with Gasteiger partial charge in [0, 0.05) is 0 Å². The largest absolute Gasteiger partial charge is 0.322 e. The molecule has 0 fully saturated rings. The summed E-state index contributed by atoms with van der Waals surface area (Å²) in [5.74, 6) is -0.260. The average Bonchev–Trinajstić information content (AvgIpc) is 3.36. The van der Waals surface area contributed by atoms with Gasteiger partial charge in [0.2, 0.25) is 10.0 Å². The van der Waals surface area contributed by atoms with Gasteiger partial charge in [0.15, 0.2) is 16.1 Å². The molecule has 0 heterocycles. The monoisotopic (exact) mass is 882 g/mol. The first-order valence-corrected chi connectivity index (χ1v) is 27.4. The van der Waals surface area contributed by atoms with Crippen LogP contribution in [-0.2, 0) is 15.8 Å². The quantitative estimate of drug-likeness (QED) is 0.0939. The highest BCUT2D eigenvalue weighted by atomic mass is 32.2. The Morgan fingerprint density at radius 3 is 0.922 bits per heavy atom. The van der Waals surface area contributed by atoms with Crippen molar-refractivity contribution in [2.45, 2.75) is 17.8 Å². The Kier molecular flexibility index (Phi) is 12.6. The Bertz CT molecular complexity index is 2670. The summed E-state index contributed by atoms with van der Waals surface area (Å²) in [4.78, 5) is 0. The van der Waals surface area contributed by atoms with Crippen LogP contribution in [0.25, 0.3) is 0 Å². The fourth-order valence-corrected chi connectivity index (χ4v) is 20.9. The van der Waals surface area contributed by atoms with Gasteiger partial charge in [-0.05, 0) is 58.2 Å². The minimum Gasteiger partial charge on any atom is -0.322 e. The van der Waals surface area contributed by atoms with Crippen LogP contribution in [0.1, 0.15) is 28.8 Å². The average molecular weight is 883 g/mol. The Morgan fingerprint density at radius 1 is 0.359 bits per heavy atom. The first-order valence-electron chi connectivity index (χ1n) is 21.7. The zero-order chi connectivity index (χ0) is 43.8. The van der Waals surface area contributed by atoms with Crippen molar-refractivity contribution in [3.63, 3.8) is 0 Å². The number of benzene rings is 9. The van der Waals surface area contributed by atoms with Gasteiger partial charge < -0.3 is 5.73 Å². The fraction of sp³-hybridized carbons (Fsp3) is 0.0526. The summed E-state index contributed by atoms with van der Waals surface area (Å²) in [5, 5.41) is 9.48. The number of hydrogen-bond donors (Lipinski definition) is 2. The topological polar surface area (TPSA) is 72.2 Å². The van der Waals surface area contributed by atoms with Crippen molar-refractivity contribution in [2.75, 3.05) is 0 Å². The van der Waals surface area contributed by atoms with Crippen molar-refractivity contribution in [3.05, 3.63) is 278 Å². The highest BCUT2D eigenvalue weighted by molar-refractivity contribution is 7.88. The zero-order valence-corrected chi connectivity index (χ0v) is 38.3. The molecule has 0 aliphatic heterocycles. The third-order valence-corrected chi connectivity index (χ3v) is 23.3. The van der Waals surface area contributed by atoms with Crippen LogP contribution in [0.2, 0.25) is 0 Å². The van der Waals surface area contributed by atoms with Crippen molar-refractivity contribution in [1.82, 2.24) is 4.72 Å². The van der Waals surface area contributed by atoms with Gasteiger partial charge in [-0.25, -0.2) is 13.1 Å². The molecule has 2 atom stereocenters. The lowest BCUT2D eigenvalue weighted by molar-refractivity contribution is 0.503. The maximum atomic E-state index is 15.1. The molecule has 0 radical (unpaired) electrons. The second kappa shape index (κ2) is 18.9. The lowest BCUT2D eigenvalue weighted by Gasteiger charge is -2.38. The first-order chi connectivity index (χ1) is 31.4. The van der Waals surface area contributed by atoms with Crippen LogP contribution in [0, 0.1) is 0 Å². The molecular weight excluding hydrogens is 833 g/mol. The predicted octanol–water partition coefficient (Wildman–Crippen LogP) is 6.30. The van der Waals surface area contributed by atoms with Crippen LogP contribution in [0.3, 0.4) is 0 Å². The maximum absolute atomic E-state index is 15.1. The van der Waals surface area contributed by atoms with Crippen molar-refractivity contribution >= 4 is 67.7 Å². The minimum absolute atomic E-state index is 0.260. The van der Waals surface area contributed by atoms with E-state index in [0.29, 0.717) is 5.56 Å². The van der Waals surface area contributed by atoms with Gasteiger partial charge >= 0.3 is 0 Å². The van der Waals surface area contributed by atoms with Gasteiger partial charge in [-0.3, -0.25) is 0 Å². The zero-order valence-electron chi connectivity index (χ0n) is 35.5. The first kappa shape index (κ1) is 42.6. The number of rotatable bonds is 15. The molecule has 2 unspecified atom stereocenters. The fourth-order valence-electron chi connectivity index (χ4n) is 9.67. The van der Waals surface area contributed by atoms with Gasteiger partial charge in [0.1, 0.15) is 0 Å². The molecule has 0 saturated heterocycles. The van der Waals surface area contributed by atoms with Crippen LogP contribution in [0.15, 0.2) is 261 Å². The molecule has 64 heavy (non-hydrogen) atoms. The van der Waals surface area contributed by atoms with Gasteiger partial charge in [0.05, 0.1) is 17.8 Å².